The van der Waals surface area contributed by atoms with Gasteiger partial charge in [0.1, 0.15) is 0 Å². The van der Waals surface area contributed by atoms with Crippen molar-refractivity contribution in [3.05, 3.63) is 28.2 Å². The molecule has 90 valence electrons. The van der Waals surface area contributed by atoms with Gasteiger partial charge < -0.3 is 5.32 Å². The second kappa shape index (κ2) is 5.57. The van der Waals surface area contributed by atoms with E-state index in [2.05, 4.69) is 21.2 Å². The van der Waals surface area contributed by atoms with Gasteiger partial charge in [0.05, 0.1) is 5.56 Å². The molecule has 0 heterocycles. The standard InChI is InChI=1S/C11H13BrF3N/c1-2-3-6-16-8-4-5-10(12)9(7-8)11(13,14)15/h4-5,7,16H,2-3,6H2,1H3. The Balaban J connectivity index is 2.82. The quantitative estimate of drug-likeness (QED) is 0.795. The van der Waals surface area contributed by atoms with Crippen molar-refractivity contribution in [1.29, 1.82) is 0 Å². The topological polar surface area (TPSA) is 12.0 Å². The van der Waals surface area contributed by atoms with E-state index in [9.17, 15) is 13.2 Å². The van der Waals surface area contributed by atoms with E-state index in [1.807, 2.05) is 6.92 Å². The van der Waals surface area contributed by atoms with Crippen LogP contribution in [-0.2, 0) is 6.18 Å². The number of nitrogens with one attached hydrogen (secondary N) is 1. The Morgan fingerprint density at radius 1 is 1.31 bits per heavy atom. The van der Waals surface area contributed by atoms with Gasteiger partial charge in [-0.3, -0.25) is 0 Å². The summed E-state index contributed by atoms with van der Waals surface area (Å²) in [7, 11) is 0. The Labute approximate surface area is 101 Å². The van der Waals surface area contributed by atoms with Gasteiger partial charge in [-0.2, -0.15) is 13.2 Å². The van der Waals surface area contributed by atoms with Crippen molar-refractivity contribution in [2.45, 2.75) is 25.9 Å². The van der Waals surface area contributed by atoms with Crippen LogP contribution in [0.3, 0.4) is 0 Å². The van der Waals surface area contributed by atoms with Crippen LogP contribution < -0.4 is 5.32 Å². The van der Waals surface area contributed by atoms with Crippen LogP contribution in [0.5, 0.6) is 0 Å². The molecule has 1 N–H and O–H groups in total. The van der Waals surface area contributed by atoms with E-state index in [-0.39, 0.29) is 4.47 Å². The molecular weight excluding hydrogens is 283 g/mol. The molecule has 0 unspecified atom stereocenters. The van der Waals surface area contributed by atoms with Crippen LogP contribution >= 0.6 is 15.9 Å². The summed E-state index contributed by atoms with van der Waals surface area (Å²) < 4.78 is 37.7. The summed E-state index contributed by atoms with van der Waals surface area (Å²) in [5.41, 5.74) is -0.141. The first-order valence-corrected chi connectivity index (χ1v) is 5.85. The normalized spacial score (nSPS) is 11.6. The molecule has 0 aliphatic carbocycles. The maximum Gasteiger partial charge on any atom is 0.417 e. The number of anilines is 1. The first-order chi connectivity index (χ1) is 7.45. The van der Waals surface area contributed by atoms with Crippen molar-refractivity contribution in [2.75, 3.05) is 11.9 Å². The van der Waals surface area contributed by atoms with Crippen LogP contribution in [0.15, 0.2) is 22.7 Å². The molecular formula is C11H13BrF3N. The number of rotatable bonds is 4. The lowest BCUT2D eigenvalue weighted by Crippen LogP contribution is -2.08. The highest BCUT2D eigenvalue weighted by Crippen LogP contribution is 2.36. The van der Waals surface area contributed by atoms with Gasteiger partial charge in [-0.1, -0.05) is 29.3 Å². The molecule has 0 radical (unpaired) electrons. The molecule has 1 nitrogen and oxygen atoms in total. The van der Waals surface area contributed by atoms with Gasteiger partial charge >= 0.3 is 6.18 Å². The minimum Gasteiger partial charge on any atom is -0.385 e. The molecule has 0 spiro atoms. The summed E-state index contributed by atoms with van der Waals surface area (Å²) in [5, 5.41) is 2.96. The Kier molecular flexibility index (Phi) is 4.65. The average Bonchev–Trinajstić information content (AvgIpc) is 2.19. The van der Waals surface area contributed by atoms with E-state index in [0.29, 0.717) is 12.2 Å². The molecule has 1 rings (SSSR count). The van der Waals surface area contributed by atoms with Crippen LogP contribution in [0.2, 0.25) is 0 Å². The minimum atomic E-state index is -4.32. The Morgan fingerprint density at radius 2 is 2.00 bits per heavy atom. The summed E-state index contributed by atoms with van der Waals surface area (Å²) in [6.45, 7) is 2.72. The summed E-state index contributed by atoms with van der Waals surface area (Å²) in [5.74, 6) is 0. The van der Waals surface area contributed by atoms with Crippen LogP contribution in [0.1, 0.15) is 25.3 Å². The fourth-order valence-corrected chi connectivity index (χ4v) is 1.73. The van der Waals surface area contributed by atoms with E-state index in [0.717, 1.165) is 18.9 Å². The third kappa shape index (κ3) is 3.70. The molecule has 0 aliphatic rings. The molecule has 0 aliphatic heterocycles. The van der Waals surface area contributed by atoms with Gasteiger partial charge in [-0.15, -0.1) is 0 Å². The fourth-order valence-electron chi connectivity index (χ4n) is 1.26. The highest BCUT2D eigenvalue weighted by atomic mass is 79.9. The predicted molar refractivity (Wildman–Crippen MR) is 62.5 cm³/mol. The molecule has 0 saturated carbocycles. The van der Waals surface area contributed by atoms with Gasteiger partial charge in [-0.05, 0) is 24.6 Å². The number of hydrogen-bond acceptors (Lipinski definition) is 1. The molecule has 0 bridgehead atoms. The lowest BCUT2D eigenvalue weighted by Gasteiger charge is -2.12. The lowest BCUT2D eigenvalue weighted by molar-refractivity contribution is -0.138. The van der Waals surface area contributed by atoms with Crippen molar-refractivity contribution >= 4 is 21.6 Å². The van der Waals surface area contributed by atoms with Crippen molar-refractivity contribution < 1.29 is 13.2 Å². The van der Waals surface area contributed by atoms with E-state index in [1.165, 1.54) is 6.07 Å². The zero-order valence-electron chi connectivity index (χ0n) is 8.87. The first kappa shape index (κ1) is 13.4. The molecule has 0 atom stereocenters. The van der Waals surface area contributed by atoms with Crippen molar-refractivity contribution in [1.82, 2.24) is 0 Å². The highest BCUT2D eigenvalue weighted by molar-refractivity contribution is 9.10. The molecule has 0 fully saturated rings. The minimum absolute atomic E-state index is 0.0704. The smallest absolute Gasteiger partial charge is 0.385 e. The van der Waals surface area contributed by atoms with E-state index in [4.69, 9.17) is 0 Å². The van der Waals surface area contributed by atoms with E-state index in [1.54, 1.807) is 6.07 Å². The summed E-state index contributed by atoms with van der Waals surface area (Å²) in [4.78, 5) is 0. The molecule has 0 amide bonds. The molecule has 0 aromatic heterocycles. The Bertz CT molecular complexity index is 350. The third-order valence-electron chi connectivity index (χ3n) is 2.13. The SMILES string of the molecule is CCCCNc1ccc(Br)c(C(F)(F)F)c1. The Morgan fingerprint density at radius 3 is 2.56 bits per heavy atom. The highest BCUT2D eigenvalue weighted by Gasteiger charge is 2.33. The van der Waals surface area contributed by atoms with Crippen molar-refractivity contribution in [2.24, 2.45) is 0 Å². The first-order valence-electron chi connectivity index (χ1n) is 5.05. The molecule has 0 saturated heterocycles. The zero-order valence-corrected chi connectivity index (χ0v) is 10.5. The maximum absolute atomic E-state index is 12.6. The lowest BCUT2D eigenvalue weighted by atomic mass is 10.2. The predicted octanol–water partition coefficient (Wildman–Crippen LogP) is 4.68. The van der Waals surface area contributed by atoms with Gasteiger partial charge in [0.15, 0.2) is 0 Å². The van der Waals surface area contributed by atoms with Gasteiger partial charge in [0, 0.05) is 16.7 Å². The number of alkyl halides is 3. The van der Waals surface area contributed by atoms with Crippen LogP contribution in [0, 0.1) is 0 Å². The summed E-state index contributed by atoms with van der Waals surface area (Å²) >= 11 is 2.90. The van der Waals surface area contributed by atoms with E-state index >= 15 is 0 Å². The zero-order chi connectivity index (χ0) is 12.2. The fraction of sp³-hybridized carbons (Fsp3) is 0.455. The number of unbranched alkanes of at least 4 members (excludes halogenated alkanes) is 1. The van der Waals surface area contributed by atoms with Crippen molar-refractivity contribution in [3.63, 3.8) is 0 Å². The van der Waals surface area contributed by atoms with Gasteiger partial charge in [0.2, 0.25) is 0 Å². The van der Waals surface area contributed by atoms with Crippen LogP contribution in [0.4, 0.5) is 18.9 Å². The van der Waals surface area contributed by atoms with E-state index < -0.39 is 11.7 Å². The van der Waals surface area contributed by atoms with Gasteiger partial charge in [-0.25, -0.2) is 0 Å². The number of benzene rings is 1. The largest absolute Gasteiger partial charge is 0.417 e. The third-order valence-corrected chi connectivity index (χ3v) is 2.82. The summed E-state index contributed by atoms with van der Waals surface area (Å²) in [6, 6.07) is 4.17. The number of halogens is 4. The van der Waals surface area contributed by atoms with Crippen molar-refractivity contribution in [3.8, 4) is 0 Å². The van der Waals surface area contributed by atoms with Gasteiger partial charge in [0.25, 0.3) is 0 Å². The van der Waals surface area contributed by atoms with Crippen LogP contribution in [-0.4, -0.2) is 6.54 Å². The second-order valence-electron chi connectivity index (χ2n) is 3.47. The molecule has 16 heavy (non-hydrogen) atoms. The monoisotopic (exact) mass is 295 g/mol. The van der Waals surface area contributed by atoms with Crippen LogP contribution in [0.25, 0.3) is 0 Å². The molecule has 1 aromatic rings. The Hall–Kier alpha value is -0.710. The molecule has 5 heteroatoms. The average molecular weight is 296 g/mol. The second-order valence-corrected chi connectivity index (χ2v) is 4.33. The summed E-state index contributed by atoms with van der Waals surface area (Å²) in [6.07, 6.45) is -2.37. The maximum atomic E-state index is 12.6. The number of hydrogen-bond donors (Lipinski definition) is 1. The molecule has 1 aromatic carbocycles.